The summed E-state index contributed by atoms with van der Waals surface area (Å²) in [5, 5.41) is 13.4. The standard InChI is InChI=1S/C14H22N6O4/c1-4-8(2)23-11-9(3)12(24-14(11,7-21)18-19-16)20-6-5-10(15)17-13(20)22/h5-6,8-9,11-12,21H,4,7H2,1-3H3,(H2,15,17,22)/t8?,9-,11-,12+,14+/m0/s1. The van der Waals surface area contributed by atoms with Crippen molar-refractivity contribution in [1.29, 1.82) is 0 Å². The van der Waals surface area contributed by atoms with Crippen LogP contribution in [0.1, 0.15) is 33.4 Å². The van der Waals surface area contributed by atoms with Crippen LogP contribution in [0.4, 0.5) is 5.82 Å². The van der Waals surface area contributed by atoms with E-state index in [0.717, 1.165) is 6.42 Å². The number of hydrogen-bond acceptors (Lipinski definition) is 7. The topological polar surface area (TPSA) is 148 Å². The number of nitrogens with two attached hydrogens (primary N) is 1. The van der Waals surface area contributed by atoms with Crippen LogP contribution in [0, 0.1) is 5.92 Å². The smallest absolute Gasteiger partial charge is 0.351 e. The maximum Gasteiger partial charge on any atom is 0.351 e. The van der Waals surface area contributed by atoms with E-state index in [2.05, 4.69) is 15.0 Å². The Kier molecular flexibility index (Phi) is 5.45. The third-order valence-electron chi connectivity index (χ3n) is 4.22. The van der Waals surface area contributed by atoms with Gasteiger partial charge in [-0.3, -0.25) is 4.57 Å². The molecule has 0 bridgehead atoms. The average molecular weight is 338 g/mol. The van der Waals surface area contributed by atoms with Crippen molar-refractivity contribution in [3.05, 3.63) is 33.2 Å². The molecule has 3 N–H and O–H groups in total. The zero-order valence-electron chi connectivity index (χ0n) is 13.9. The minimum absolute atomic E-state index is 0.0952. The first-order chi connectivity index (χ1) is 11.4. The number of aliphatic hydroxyl groups is 1. The number of aliphatic hydroxyl groups excluding tert-OH is 1. The molecule has 0 spiro atoms. The molecular formula is C14H22N6O4. The third kappa shape index (κ3) is 3.22. The number of nitrogen functional groups attached to an aromatic ring is 1. The monoisotopic (exact) mass is 338 g/mol. The number of nitrogens with zero attached hydrogens (tertiary/aromatic N) is 5. The minimum atomic E-state index is -1.61. The van der Waals surface area contributed by atoms with Gasteiger partial charge in [-0.15, -0.1) is 0 Å². The quantitative estimate of drug-likeness (QED) is 0.452. The molecule has 1 fully saturated rings. The third-order valence-corrected chi connectivity index (χ3v) is 4.22. The lowest BCUT2D eigenvalue weighted by Crippen LogP contribution is -2.45. The zero-order valence-corrected chi connectivity index (χ0v) is 13.9. The summed E-state index contributed by atoms with van der Waals surface area (Å²) in [6.45, 7) is 5.04. The van der Waals surface area contributed by atoms with Crippen LogP contribution in [0.15, 0.2) is 22.2 Å². The van der Waals surface area contributed by atoms with E-state index in [1.54, 1.807) is 6.92 Å². The number of aromatic nitrogens is 2. The Hall–Kier alpha value is -2.13. The van der Waals surface area contributed by atoms with Gasteiger partial charge in [0.2, 0.25) is 0 Å². The maximum atomic E-state index is 12.1. The molecule has 1 unspecified atom stereocenters. The Morgan fingerprint density at radius 2 is 2.42 bits per heavy atom. The van der Waals surface area contributed by atoms with E-state index in [9.17, 15) is 9.90 Å². The summed E-state index contributed by atoms with van der Waals surface area (Å²) in [6.07, 6.45) is 0.519. The molecule has 1 aliphatic rings. The molecule has 0 amide bonds. The summed E-state index contributed by atoms with van der Waals surface area (Å²) < 4.78 is 13.0. The molecule has 10 nitrogen and oxygen atoms in total. The summed E-state index contributed by atoms with van der Waals surface area (Å²) in [4.78, 5) is 18.6. The van der Waals surface area contributed by atoms with Crippen molar-refractivity contribution in [3.63, 3.8) is 0 Å². The second kappa shape index (κ2) is 7.18. The summed E-state index contributed by atoms with van der Waals surface area (Å²) >= 11 is 0. The molecule has 132 valence electrons. The largest absolute Gasteiger partial charge is 0.393 e. The van der Waals surface area contributed by atoms with Crippen molar-refractivity contribution in [3.8, 4) is 0 Å². The van der Waals surface area contributed by atoms with Gasteiger partial charge >= 0.3 is 5.69 Å². The van der Waals surface area contributed by atoms with E-state index in [4.69, 9.17) is 20.7 Å². The number of hydrogen-bond donors (Lipinski definition) is 2. The normalized spacial score (nSPS) is 30.8. The van der Waals surface area contributed by atoms with Crippen molar-refractivity contribution < 1.29 is 14.6 Å². The predicted molar refractivity (Wildman–Crippen MR) is 85.8 cm³/mol. The SMILES string of the molecule is CCC(C)O[C@H]1[C@H](C)[C@H](n2ccc(N)nc2=O)O[C@@]1(CO)N=[N+]=[N-]. The molecule has 5 atom stereocenters. The Labute approximate surface area is 138 Å². The molecule has 1 aromatic heterocycles. The summed E-state index contributed by atoms with van der Waals surface area (Å²) in [6, 6.07) is 1.47. The van der Waals surface area contributed by atoms with Gasteiger partial charge in [0, 0.05) is 17.0 Å². The molecule has 0 aliphatic carbocycles. The summed E-state index contributed by atoms with van der Waals surface area (Å²) in [5.74, 6) is -0.280. The fourth-order valence-corrected chi connectivity index (χ4v) is 2.77. The van der Waals surface area contributed by atoms with Crippen molar-refractivity contribution in [2.24, 2.45) is 11.0 Å². The molecule has 2 rings (SSSR count). The number of azide groups is 1. The van der Waals surface area contributed by atoms with Crippen LogP contribution in [0.2, 0.25) is 0 Å². The van der Waals surface area contributed by atoms with Crippen molar-refractivity contribution in [2.45, 2.75) is 51.4 Å². The molecule has 0 radical (unpaired) electrons. The van der Waals surface area contributed by atoms with Crippen molar-refractivity contribution >= 4 is 5.82 Å². The van der Waals surface area contributed by atoms with Crippen LogP contribution in [0.5, 0.6) is 0 Å². The molecular weight excluding hydrogens is 316 g/mol. The van der Waals surface area contributed by atoms with Gasteiger partial charge in [-0.2, -0.15) is 4.98 Å². The molecule has 2 heterocycles. The summed E-state index contributed by atoms with van der Waals surface area (Å²) in [5.41, 5.74) is 12.2. The lowest BCUT2D eigenvalue weighted by atomic mass is 9.97. The molecule has 24 heavy (non-hydrogen) atoms. The van der Waals surface area contributed by atoms with E-state index in [0.29, 0.717) is 0 Å². The fourth-order valence-electron chi connectivity index (χ4n) is 2.77. The van der Waals surface area contributed by atoms with E-state index >= 15 is 0 Å². The van der Waals surface area contributed by atoms with Gasteiger partial charge < -0.3 is 20.3 Å². The van der Waals surface area contributed by atoms with Crippen molar-refractivity contribution in [2.75, 3.05) is 12.3 Å². The highest BCUT2D eigenvalue weighted by Gasteiger charge is 2.55. The number of anilines is 1. The van der Waals surface area contributed by atoms with Crippen LogP contribution >= 0.6 is 0 Å². The second-order valence-corrected chi connectivity index (χ2v) is 5.88. The van der Waals surface area contributed by atoms with Gasteiger partial charge in [0.1, 0.15) is 18.1 Å². The number of rotatable bonds is 6. The highest BCUT2D eigenvalue weighted by Crippen LogP contribution is 2.44. The Bertz CT molecular complexity index is 688. The molecule has 1 aromatic rings. The van der Waals surface area contributed by atoms with Gasteiger partial charge in [-0.05, 0) is 24.9 Å². The van der Waals surface area contributed by atoms with Gasteiger partial charge in [-0.25, -0.2) is 4.79 Å². The molecule has 1 saturated heterocycles. The number of ether oxygens (including phenoxy) is 2. The molecule has 0 aromatic carbocycles. The first-order valence-corrected chi connectivity index (χ1v) is 7.73. The Morgan fingerprint density at radius 1 is 1.71 bits per heavy atom. The molecule has 10 heteroatoms. The lowest BCUT2D eigenvalue weighted by Gasteiger charge is -2.30. The first-order valence-electron chi connectivity index (χ1n) is 7.73. The van der Waals surface area contributed by atoms with Crippen LogP contribution < -0.4 is 11.4 Å². The maximum absolute atomic E-state index is 12.1. The minimum Gasteiger partial charge on any atom is -0.393 e. The highest BCUT2D eigenvalue weighted by molar-refractivity contribution is 5.23. The lowest BCUT2D eigenvalue weighted by molar-refractivity contribution is -0.148. The summed E-state index contributed by atoms with van der Waals surface area (Å²) in [7, 11) is 0. The first kappa shape index (κ1) is 18.2. The van der Waals surface area contributed by atoms with E-state index in [-0.39, 0.29) is 17.8 Å². The van der Waals surface area contributed by atoms with E-state index in [1.165, 1.54) is 16.8 Å². The van der Waals surface area contributed by atoms with Crippen LogP contribution in [-0.2, 0) is 9.47 Å². The highest BCUT2D eigenvalue weighted by atomic mass is 16.6. The van der Waals surface area contributed by atoms with Gasteiger partial charge in [0.25, 0.3) is 0 Å². The van der Waals surface area contributed by atoms with Gasteiger partial charge in [0.05, 0.1) is 12.7 Å². The molecule has 0 saturated carbocycles. The van der Waals surface area contributed by atoms with E-state index < -0.39 is 30.4 Å². The van der Waals surface area contributed by atoms with Crippen LogP contribution in [0.25, 0.3) is 10.4 Å². The second-order valence-electron chi connectivity index (χ2n) is 5.88. The van der Waals surface area contributed by atoms with E-state index in [1.807, 2.05) is 13.8 Å². The van der Waals surface area contributed by atoms with Gasteiger partial charge in [0.15, 0.2) is 5.72 Å². The Morgan fingerprint density at radius 3 is 2.96 bits per heavy atom. The van der Waals surface area contributed by atoms with Crippen LogP contribution in [-0.4, -0.2) is 39.2 Å². The van der Waals surface area contributed by atoms with Gasteiger partial charge in [-0.1, -0.05) is 19.0 Å². The predicted octanol–water partition coefficient (Wildman–Crippen LogP) is 1.17. The van der Waals surface area contributed by atoms with Crippen molar-refractivity contribution in [1.82, 2.24) is 9.55 Å². The Balaban J connectivity index is 2.46. The fraction of sp³-hybridized carbons (Fsp3) is 0.714. The zero-order chi connectivity index (χ0) is 17.9. The average Bonchev–Trinajstić information content (AvgIpc) is 2.81. The molecule has 1 aliphatic heterocycles. The van der Waals surface area contributed by atoms with Crippen LogP contribution in [0.3, 0.4) is 0 Å².